The number of aromatic nitrogens is 1. The maximum Gasteiger partial charge on any atom is 0.295 e. The Morgan fingerprint density at radius 3 is 2.48 bits per heavy atom. The molecule has 1 atom stereocenters. The van der Waals surface area contributed by atoms with Gasteiger partial charge < -0.3 is 19.5 Å². The monoisotopic (exact) mass is 451 g/mol. The summed E-state index contributed by atoms with van der Waals surface area (Å²) < 4.78 is 11.1. The van der Waals surface area contributed by atoms with E-state index in [0.29, 0.717) is 43.3 Å². The van der Waals surface area contributed by atoms with Crippen molar-refractivity contribution in [2.75, 3.05) is 39.4 Å². The van der Waals surface area contributed by atoms with Crippen molar-refractivity contribution in [2.24, 2.45) is 0 Å². The fraction of sp³-hybridized carbons (Fsp3) is 0.400. The zero-order valence-electron chi connectivity index (χ0n) is 18.9. The topological polar surface area (TPSA) is 92.2 Å². The van der Waals surface area contributed by atoms with Crippen LogP contribution in [-0.4, -0.2) is 77.1 Å². The number of hydrogen-bond donors (Lipinski definition) is 1. The first-order valence-electron chi connectivity index (χ1n) is 11.2. The van der Waals surface area contributed by atoms with Crippen molar-refractivity contribution in [1.29, 1.82) is 0 Å². The lowest BCUT2D eigenvalue weighted by atomic mass is 9.98. The summed E-state index contributed by atoms with van der Waals surface area (Å²) in [5, 5.41) is 11.1. The number of aliphatic hydroxyl groups is 1. The van der Waals surface area contributed by atoms with Crippen LogP contribution >= 0.6 is 0 Å². The highest BCUT2D eigenvalue weighted by Crippen LogP contribution is 2.38. The molecule has 4 rings (SSSR count). The predicted molar refractivity (Wildman–Crippen MR) is 123 cm³/mol. The Kier molecular flexibility index (Phi) is 7.05. The minimum Gasteiger partial charge on any atom is -0.507 e. The molecule has 2 saturated heterocycles. The van der Waals surface area contributed by atoms with Crippen LogP contribution in [0.15, 0.2) is 54.2 Å². The number of Topliss-reactive ketones (excluding diaryl/α,β-unsaturated/α-hetero) is 1. The highest BCUT2D eigenvalue weighted by Gasteiger charge is 2.46. The molecular formula is C25H29N3O5. The second-order valence-electron chi connectivity index (χ2n) is 8.39. The standard InChI is InChI=1S/C25H29N3O5/c1-17(2)33-19-8-6-18(7-9-19)23(29)21-22(20-5-3-4-10-26-20)28(25(31)24(21)30)12-11-27-13-15-32-16-14-27/h3-10,17,22,29H,11-16H2,1-2H3/t22-/m0/s1. The highest BCUT2D eigenvalue weighted by atomic mass is 16.5. The smallest absolute Gasteiger partial charge is 0.295 e. The van der Waals surface area contributed by atoms with Crippen molar-refractivity contribution in [3.63, 3.8) is 0 Å². The average molecular weight is 452 g/mol. The summed E-state index contributed by atoms with van der Waals surface area (Å²) in [4.78, 5) is 34.2. The van der Waals surface area contributed by atoms with Crippen molar-refractivity contribution >= 4 is 17.4 Å². The van der Waals surface area contributed by atoms with Crippen LogP contribution in [0, 0.1) is 0 Å². The number of likely N-dealkylation sites (tertiary alicyclic amines) is 1. The molecule has 8 nitrogen and oxygen atoms in total. The highest BCUT2D eigenvalue weighted by molar-refractivity contribution is 6.46. The molecule has 2 aromatic rings. The number of benzene rings is 1. The lowest BCUT2D eigenvalue weighted by Gasteiger charge is -2.30. The number of morpholine rings is 1. The summed E-state index contributed by atoms with van der Waals surface area (Å²) >= 11 is 0. The summed E-state index contributed by atoms with van der Waals surface area (Å²) in [5.74, 6) is -0.879. The maximum atomic E-state index is 13.1. The lowest BCUT2D eigenvalue weighted by Crippen LogP contribution is -2.42. The second-order valence-corrected chi connectivity index (χ2v) is 8.39. The van der Waals surface area contributed by atoms with Gasteiger partial charge in [-0.1, -0.05) is 6.07 Å². The van der Waals surface area contributed by atoms with Crippen molar-refractivity contribution in [1.82, 2.24) is 14.8 Å². The van der Waals surface area contributed by atoms with Gasteiger partial charge in [-0.25, -0.2) is 0 Å². The minimum atomic E-state index is -0.751. The summed E-state index contributed by atoms with van der Waals surface area (Å²) in [7, 11) is 0. The van der Waals surface area contributed by atoms with Gasteiger partial charge in [-0.2, -0.15) is 0 Å². The molecule has 0 aliphatic carbocycles. The number of hydrogen-bond acceptors (Lipinski definition) is 7. The van der Waals surface area contributed by atoms with Crippen LogP contribution in [0.4, 0.5) is 0 Å². The molecule has 1 aromatic heterocycles. The summed E-state index contributed by atoms with van der Waals surface area (Å²) in [6, 6.07) is 11.4. The lowest BCUT2D eigenvalue weighted by molar-refractivity contribution is -0.140. The van der Waals surface area contributed by atoms with Crippen molar-refractivity contribution in [3.8, 4) is 5.75 Å². The molecule has 2 aliphatic heterocycles. The number of carbonyl (C=O) groups excluding carboxylic acids is 2. The molecule has 0 radical (unpaired) electrons. The summed E-state index contributed by atoms with van der Waals surface area (Å²) in [6.07, 6.45) is 1.64. The average Bonchev–Trinajstić information content (AvgIpc) is 3.08. The number of aliphatic hydroxyl groups excluding tert-OH is 1. The van der Waals surface area contributed by atoms with Gasteiger partial charge in [-0.15, -0.1) is 0 Å². The van der Waals surface area contributed by atoms with E-state index >= 15 is 0 Å². The molecule has 2 fully saturated rings. The van der Waals surface area contributed by atoms with Crippen molar-refractivity contribution in [3.05, 3.63) is 65.5 Å². The molecule has 1 aromatic carbocycles. The van der Waals surface area contributed by atoms with Crippen LogP contribution < -0.4 is 4.74 Å². The van der Waals surface area contributed by atoms with Gasteiger partial charge in [0.2, 0.25) is 0 Å². The molecule has 33 heavy (non-hydrogen) atoms. The third-order valence-electron chi connectivity index (χ3n) is 5.77. The number of pyridine rings is 1. The largest absolute Gasteiger partial charge is 0.507 e. The van der Waals surface area contributed by atoms with E-state index in [1.165, 1.54) is 4.90 Å². The van der Waals surface area contributed by atoms with Crippen LogP contribution in [0.25, 0.3) is 5.76 Å². The Morgan fingerprint density at radius 1 is 1.12 bits per heavy atom. The van der Waals surface area contributed by atoms with E-state index in [-0.39, 0.29) is 17.4 Å². The number of ketones is 1. The fourth-order valence-corrected chi connectivity index (χ4v) is 4.15. The maximum absolute atomic E-state index is 13.1. The van der Waals surface area contributed by atoms with Gasteiger partial charge in [0.1, 0.15) is 17.6 Å². The molecule has 174 valence electrons. The molecule has 0 unspecified atom stereocenters. The molecule has 3 heterocycles. The molecular weight excluding hydrogens is 422 g/mol. The Labute approximate surface area is 193 Å². The molecule has 0 bridgehead atoms. The van der Waals surface area contributed by atoms with E-state index in [2.05, 4.69) is 9.88 Å². The predicted octanol–water partition coefficient (Wildman–Crippen LogP) is 2.62. The van der Waals surface area contributed by atoms with Crippen LogP contribution in [0.5, 0.6) is 5.75 Å². The molecule has 0 spiro atoms. The molecule has 1 amide bonds. The first-order chi connectivity index (χ1) is 16.0. The first-order valence-corrected chi connectivity index (χ1v) is 11.2. The summed E-state index contributed by atoms with van der Waals surface area (Å²) in [5.41, 5.74) is 1.04. The molecule has 2 aliphatic rings. The van der Waals surface area contributed by atoms with Gasteiger partial charge >= 0.3 is 0 Å². The van der Waals surface area contributed by atoms with Gasteiger partial charge in [0.05, 0.1) is 30.6 Å². The fourth-order valence-electron chi connectivity index (χ4n) is 4.15. The van der Waals surface area contributed by atoms with E-state index in [1.54, 1.807) is 42.6 Å². The van der Waals surface area contributed by atoms with Crippen LogP contribution in [-0.2, 0) is 14.3 Å². The van der Waals surface area contributed by atoms with Crippen molar-refractivity contribution < 1.29 is 24.2 Å². The van der Waals surface area contributed by atoms with E-state index in [1.807, 2.05) is 19.9 Å². The third kappa shape index (κ3) is 5.07. The Morgan fingerprint density at radius 2 is 1.85 bits per heavy atom. The number of ether oxygens (including phenoxy) is 2. The van der Waals surface area contributed by atoms with Gasteiger partial charge in [0.25, 0.3) is 11.7 Å². The normalized spacial score (nSPS) is 21.1. The van der Waals surface area contributed by atoms with Crippen LogP contribution in [0.3, 0.4) is 0 Å². The number of amides is 1. The van der Waals surface area contributed by atoms with Gasteiger partial charge in [0, 0.05) is 37.9 Å². The van der Waals surface area contributed by atoms with E-state index in [9.17, 15) is 14.7 Å². The van der Waals surface area contributed by atoms with E-state index < -0.39 is 17.7 Å². The Balaban J connectivity index is 1.67. The van der Waals surface area contributed by atoms with Gasteiger partial charge in [0.15, 0.2) is 0 Å². The number of rotatable bonds is 7. The molecule has 8 heteroatoms. The second kappa shape index (κ2) is 10.1. The number of nitrogens with zero attached hydrogens (tertiary/aromatic N) is 3. The third-order valence-corrected chi connectivity index (χ3v) is 5.77. The first kappa shape index (κ1) is 22.9. The van der Waals surface area contributed by atoms with Crippen molar-refractivity contribution in [2.45, 2.75) is 26.0 Å². The SMILES string of the molecule is CC(C)Oc1ccc(C(O)=C2C(=O)C(=O)N(CCN3CCOCC3)[C@H]2c2ccccn2)cc1. The van der Waals surface area contributed by atoms with E-state index in [0.717, 1.165) is 13.1 Å². The van der Waals surface area contributed by atoms with Crippen LogP contribution in [0.1, 0.15) is 31.1 Å². The molecule has 1 N–H and O–H groups in total. The minimum absolute atomic E-state index is 0.0189. The van der Waals surface area contributed by atoms with Crippen LogP contribution in [0.2, 0.25) is 0 Å². The Bertz CT molecular complexity index is 1010. The summed E-state index contributed by atoms with van der Waals surface area (Å²) in [6.45, 7) is 7.69. The van der Waals surface area contributed by atoms with E-state index in [4.69, 9.17) is 9.47 Å². The zero-order valence-corrected chi connectivity index (χ0v) is 18.9. The zero-order chi connectivity index (χ0) is 23.4. The van der Waals surface area contributed by atoms with Gasteiger partial charge in [-0.05, 0) is 50.2 Å². The molecule has 0 saturated carbocycles. The Hall–Kier alpha value is -3.23. The number of carbonyl (C=O) groups is 2. The van der Waals surface area contributed by atoms with Gasteiger partial charge in [-0.3, -0.25) is 19.5 Å². The quantitative estimate of drug-likeness (QED) is 0.393.